The molecule has 0 amide bonds. The van der Waals surface area contributed by atoms with Gasteiger partial charge in [-0.2, -0.15) is 0 Å². The van der Waals surface area contributed by atoms with Crippen LogP contribution in [0.2, 0.25) is 0 Å². The number of carbonyl (C=O) groups is 1. The predicted octanol–water partition coefficient (Wildman–Crippen LogP) is 3.09. The van der Waals surface area contributed by atoms with E-state index in [2.05, 4.69) is 29.8 Å². The molecule has 68 valence electrons. The van der Waals surface area contributed by atoms with Crippen molar-refractivity contribution in [3.8, 4) is 0 Å². The Morgan fingerprint density at radius 2 is 2.17 bits per heavy atom. The van der Waals surface area contributed by atoms with E-state index in [4.69, 9.17) is 0 Å². The van der Waals surface area contributed by atoms with Crippen LogP contribution in [0.5, 0.6) is 0 Å². The Morgan fingerprint density at radius 1 is 1.58 bits per heavy atom. The van der Waals surface area contributed by atoms with Gasteiger partial charge in [-0.25, -0.2) is 0 Å². The van der Waals surface area contributed by atoms with Crippen molar-refractivity contribution in [1.82, 2.24) is 0 Å². The lowest BCUT2D eigenvalue weighted by molar-refractivity contribution is -0.105. The van der Waals surface area contributed by atoms with Gasteiger partial charge < -0.3 is 0 Å². The third-order valence-corrected chi connectivity index (χ3v) is 3.91. The lowest BCUT2D eigenvalue weighted by Gasteiger charge is -2.33. The minimum Gasteiger partial charge on any atom is -0.298 e. The van der Waals surface area contributed by atoms with Crippen molar-refractivity contribution in [3.63, 3.8) is 0 Å². The number of rotatable bonds is 1. The molecule has 0 heterocycles. The van der Waals surface area contributed by atoms with Gasteiger partial charge in [0.05, 0.1) is 0 Å². The minimum atomic E-state index is 0.0795. The Morgan fingerprint density at radius 3 is 2.58 bits per heavy atom. The van der Waals surface area contributed by atoms with Gasteiger partial charge in [0.15, 0.2) is 0 Å². The van der Waals surface area contributed by atoms with Crippen LogP contribution in [0.25, 0.3) is 0 Å². The average Bonchev–Trinajstić information content (AvgIpc) is 1.99. The fourth-order valence-electron chi connectivity index (χ4n) is 1.79. The molecule has 0 aromatic rings. The van der Waals surface area contributed by atoms with E-state index >= 15 is 0 Å². The van der Waals surface area contributed by atoms with Crippen molar-refractivity contribution in [2.24, 2.45) is 5.41 Å². The van der Waals surface area contributed by atoms with Crippen LogP contribution in [0.3, 0.4) is 0 Å². The maximum Gasteiger partial charge on any atom is 0.146 e. The van der Waals surface area contributed by atoms with E-state index in [1.54, 1.807) is 0 Å². The van der Waals surface area contributed by atoms with Gasteiger partial charge in [0.2, 0.25) is 0 Å². The highest BCUT2D eigenvalue weighted by Crippen LogP contribution is 2.41. The van der Waals surface area contributed by atoms with E-state index in [1.807, 2.05) is 6.92 Å². The molecule has 1 rings (SSSR count). The molecule has 1 aliphatic carbocycles. The second-order valence-corrected chi connectivity index (χ2v) is 5.21. The van der Waals surface area contributed by atoms with Crippen LogP contribution >= 0.6 is 15.9 Å². The van der Waals surface area contributed by atoms with Crippen molar-refractivity contribution in [1.29, 1.82) is 0 Å². The number of hydrogen-bond donors (Lipinski definition) is 0. The third-order valence-electron chi connectivity index (χ3n) is 2.76. The summed E-state index contributed by atoms with van der Waals surface area (Å²) in [5.74, 6) is 0. The van der Waals surface area contributed by atoms with E-state index in [9.17, 15) is 4.79 Å². The van der Waals surface area contributed by atoms with Gasteiger partial charge in [0.1, 0.15) is 6.29 Å². The van der Waals surface area contributed by atoms with E-state index in [1.165, 1.54) is 5.57 Å². The zero-order chi connectivity index (χ0) is 9.35. The molecule has 1 nitrogen and oxygen atoms in total. The highest BCUT2D eigenvalue weighted by Gasteiger charge is 2.31. The zero-order valence-corrected chi connectivity index (χ0v) is 9.44. The summed E-state index contributed by atoms with van der Waals surface area (Å²) in [5, 5.41) is 0. The van der Waals surface area contributed by atoms with Gasteiger partial charge >= 0.3 is 0 Å². The lowest BCUT2D eigenvalue weighted by Crippen LogP contribution is -2.26. The molecular weight excluding hydrogens is 216 g/mol. The van der Waals surface area contributed by atoms with Crippen LogP contribution in [0.15, 0.2) is 11.1 Å². The van der Waals surface area contributed by atoms with Gasteiger partial charge in [-0.05, 0) is 30.8 Å². The molecule has 0 radical (unpaired) electrons. The van der Waals surface area contributed by atoms with Gasteiger partial charge in [-0.15, -0.1) is 0 Å². The van der Waals surface area contributed by atoms with Crippen molar-refractivity contribution in [3.05, 3.63) is 11.1 Å². The Kier molecular flexibility index (Phi) is 2.77. The molecule has 1 unspecified atom stereocenters. The highest BCUT2D eigenvalue weighted by atomic mass is 79.9. The van der Waals surface area contributed by atoms with E-state index in [0.29, 0.717) is 4.83 Å². The van der Waals surface area contributed by atoms with E-state index in [0.717, 1.165) is 24.7 Å². The molecular formula is C10H15BrO. The van der Waals surface area contributed by atoms with Gasteiger partial charge in [-0.1, -0.05) is 35.4 Å². The van der Waals surface area contributed by atoms with Crippen molar-refractivity contribution in [2.45, 2.75) is 38.4 Å². The molecule has 2 heteroatoms. The van der Waals surface area contributed by atoms with Crippen LogP contribution in [-0.2, 0) is 4.79 Å². The topological polar surface area (TPSA) is 17.1 Å². The molecule has 12 heavy (non-hydrogen) atoms. The molecule has 0 saturated heterocycles. The average molecular weight is 231 g/mol. The van der Waals surface area contributed by atoms with Crippen LogP contribution in [0.1, 0.15) is 33.6 Å². The lowest BCUT2D eigenvalue weighted by atomic mass is 9.73. The number of halogens is 1. The summed E-state index contributed by atoms with van der Waals surface area (Å²) in [6.45, 7) is 6.32. The summed E-state index contributed by atoms with van der Waals surface area (Å²) in [5.41, 5.74) is 2.27. The second-order valence-electron chi connectivity index (χ2n) is 4.10. The molecule has 0 spiro atoms. The van der Waals surface area contributed by atoms with Crippen molar-refractivity contribution in [2.75, 3.05) is 0 Å². The van der Waals surface area contributed by atoms with Gasteiger partial charge in [-0.3, -0.25) is 4.79 Å². The largest absolute Gasteiger partial charge is 0.298 e. The first-order valence-corrected chi connectivity index (χ1v) is 5.21. The summed E-state index contributed by atoms with van der Waals surface area (Å²) in [7, 11) is 0. The number of allylic oxidation sites excluding steroid dienone is 2. The van der Waals surface area contributed by atoms with E-state index < -0.39 is 0 Å². The molecule has 0 saturated carbocycles. The summed E-state index contributed by atoms with van der Waals surface area (Å²) >= 11 is 3.57. The molecule has 0 aromatic carbocycles. The molecule has 0 bridgehead atoms. The smallest absolute Gasteiger partial charge is 0.146 e. The fourth-order valence-corrected chi connectivity index (χ4v) is 2.27. The first-order chi connectivity index (χ1) is 5.49. The molecule has 1 atom stereocenters. The monoisotopic (exact) mass is 230 g/mol. The van der Waals surface area contributed by atoms with Crippen LogP contribution in [0.4, 0.5) is 0 Å². The summed E-state index contributed by atoms with van der Waals surface area (Å²) in [6, 6.07) is 0. The first kappa shape index (κ1) is 9.97. The normalized spacial score (nSPS) is 28.8. The molecule has 0 fully saturated rings. The summed E-state index contributed by atoms with van der Waals surface area (Å²) < 4.78 is 0. The SMILES string of the molecule is CC1=C(C=O)C(C)(C)CCC1Br. The summed E-state index contributed by atoms with van der Waals surface area (Å²) in [6.07, 6.45) is 3.24. The van der Waals surface area contributed by atoms with Gasteiger partial charge in [0, 0.05) is 4.83 Å². The minimum absolute atomic E-state index is 0.0795. The summed E-state index contributed by atoms with van der Waals surface area (Å²) in [4.78, 5) is 11.3. The second kappa shape index (κ2) is 3.33. The van der Waals surface area contributed by atoms with Crippen LogP contribution in [0, 0.1) is 5.41 Å². The Labute approximate surface area is 82.4 Å². The molecule has 0 N–H and O–H groups in total. The third kappa shape index (κ3) is 1.63. The van der Waals surface area contributed by atoms with E-state index in [-0.39, 0.29) is 5.41 Å². The maximum atomic E-state index is 10.9. The van der Waals surface area contributed by atoms with Gasteiger partial charge in [0.25, 0.3) is 0 Å². The molecule has 1 aliphatic rings. The fraction of sp³-hybridized carbons (Fsp3) is 0.700. The predicted molar refractivity (Wildman–Crippen MR) is 54.5 cm³/mol. The quantitative estimate of drug-likeness (QED) is 0.500. The standard InChI is InChI=1S/C10H15BrO/c1-7-8(6-12)10(2,3)5-4-9(7)11/h6,9H,4-5H2,1-3H3. The number of carbonyl (C=O) groups excluding carboxylic acids is 1. The van der Waals surface area contributed by atoms with Crippen LogP contribution < -0.4 is 0 Å². The molecule has 0 aliphatic heterocycles. The first-order valence-electron chi connectivity index (χ1n) is 4.29. The Bertz CT molecular complexity index is 228. The van der Waals surface area contributed by atoms with Crippen molar-refractivity contribution >= 4 is 22.2 Å². The highest BCUT2D eigenvalue weighted by molar-refractivity contribution is 9.09. The van der Waals surface area contributed by atoms with Crippen molar-refractivity contribution < 1.29 is 4.79 Å². The maximum absolute atomic E-state index is 10.9. The number of aldehydes is 1. The van der Waals surface area contributed by atoms with Crippen LogP contribution in [-0.4, -0.2) is 11.1 Å². The molecule has 0 aromatic heterocycles. The Balaban J connectivity index is 3.09. The Hall–Kier alpha value is -0.110. The zero-order valence-electron chi connectivity index (χ0n) is 7.86. The number of alkyl halides is 1. The number of hydrogen-bond acceptors (Lipinski definition) is 1.